The number of amides is 3. The third-order valence-electron chi connectivity index (χ3n) is 3.37. The highest BCUT2D eigenvalue weighted by Gasteiger charge is 2.29. The summed E-state index contributed by atoms with van der Waals surface area (Å²) in [5.41, 5.74) is 4.67. The van der Waals surface area contributed by atoms with Gasteiger partial charge in [0.1, 0.15) is 0 Å². The Kier molecular flexibility index (Phi) is 4.79. The van der Waals surface area contributed by atoms with Crippen LogP contribution in [0.15, 0.2) is 24.3 Å². The lowest BCUT2D eigenvalue weighted by molar-refractivity contribution is -0.137. The van der Waals surface area contributed by atoms with E-state index in [0.29, 0.717) is 25.1 Å². The van der Waals surface area contributed by atoms with Crippen molar-refractivity contribution in [1.29, 1.82) is 0 Å². The van der Waals surface area contributed by atoms with E-state index in [-0.39, 0.29) is 6.04 Å². The Morgan fingerprint density at radius 3 is 2.43 bits per heavy atom. The van der Waals surface area contributed by atoms with Crippen molar-refractivity contribution < 1.29 is 22.8 Å². The number of hydrogen-bond donors (Lipinski definition) is 2. The van der Waals surface area contributed by atoms with Crippen molar-refractivity contribution in [3.05, 3.63) is 35.4 Å². The molecule has 1 unspecified atom stereocenters. The fourth-order valence-corrected chi connectivity index (χ4v) is 2.17. The first-order valence-electron chi connectivity index (χ1n) is 6.80. The predicted octanol–water partition coefficient (Wildman–Crippen LogP) is 1.33. The molecule has 1 saturated heterocycles. The lowest BCUT2D eigenvalue weighted by Gasteiger charge is -2.13. The summed E-state index contributed by atoms with van der Waals surface area (Å²) in [6, 6.07) is 3.45. The van der Waals surface area contributed by atoms with Gasteiger partial charge < -0.3 is 16.0 Å². The fraction of sp³-hybridized carbons (Fsp3) is 0.333. The van der Waals surface area contributed by atoms with E-state index in [1.807, 2.05) is 0 Å². The molecule has 1 fully saturated rings. The van der Waals surface area contributed by atoms with E-state index in [1.54, 1.807) is 0 Å². The Balaban J connectivity index is 1.91. The number of carbonyl (C=O) groups excluding carboxylic acids is 2. The summed E-state index contributed by atoms with van der Waals surface area (Å²) in [5.74, 6) is 4.25. The molecule has 2 rings (SSSR count). The molecule has 1 aromatic carbocycles. The Morgan fingerprint density at radius 1 is 1.26 bits per heavy atom. The highest BCUT2D eigenvalue weighted by molar-refractivity contribution is 5.94. The average Bonchev–Trinajstić information content (AvgIpc) is 2.93. The second-order valence-electron chi connectivity index (χ2n) is 5.07. The third-order valence-corrected chi connectivity index (χ3v) is 3.37. The zero-order chi connectivity index (χ0) is 17.0. The number of halogens is 3. The number of hydrogen-bond acceptors (Lipinski definition) is 2. The van der Waals surface area contributed by atoms with Gasteiger partial charge in [0.25, 0.3) is 5.91 Å². The number of nitrogens with zero attached hydrogens (tertiary/aromatic N) is 1. The first kappa shape index (κ1) is 16.7. The zero-order valence-corrected chi connectivity index (χ0v) is 12.0. The van der Waals surface area contributed by atoms with Crippen molar-refractivity contribution in [3.8, 4) is 11.8 Å². The van der Waals surface area contributed by atoms with E-state index in [0.717, 1.165) is 12.1 Å². The minimum Gasteiger partial charge on any atom is -0.351 e. The maximum absolute atomic E-state index is 12.4. The summed E-state index contributed by atoms with van der Waals surface area (Å²) in [5, 5.41) is 2.63. The van der Waals surface area contributed by atoms with Crippen molar-refractivity contribution >= 4 is 11.9 Å². The molecule has 3 N–H and O–H groups in total. The smallest absolute Gasteiger partial charge is 0.351 e. The van der Waals surface area contributed by atoms with Crippen molar-refractivity contribution in [2.75, 3.05) is 13.1 Å². The van der Waals surface area contributed by atoms with Crippen LogP contribution >= 0.6 is 0 Å². The van der Waals surface area contributed by atoms with Crippen LogP contribution in [0.3, 0.4) is 0 Å². The fourth-order valence-electron chi connectivity index (χ4n) is 2.17. The van der Waals surface area contributed by atoms with Gasteiger partial charge in [0, 0.05) is 30.6 Å². The number of alkyl halides is 3. The Labute approximate surface area is 130 Å². The Hall–Kier alpha value is -2.69. The molecule has 1 aliphatic heterocycles. The number of urea groups is 1. The standard InChI is InChI=1S/C15H14F3N3O2/c16-15(17,18)11-4-1-10(2-5-11)3-6-13(22)20-12-7-8-21(9-12)14(19)23/h1-2,4-5,12H,7-9H2,(H2,19,23)(H,20,22). The molecule has 122 valence electrons. The molecule has 0 radical (unpaired) electrons. The molecule has 0 aromatic heterocycles. The number of benzene rings is 1. The third kappa shape index (κ3) is 4.64. The normalized spacial score (nSPS) is 17.3. The van der Waals surface area contributed by atoms with Crippen LogP contribution in [0.25, 0.3) is 0 Å². The average molecular weight is 325 g/mol. The topological polar surface area (TPSA) is 75.4 Å². The largest absolute Gasteiger partial charge is 0.416 e. The number of likely N-dealkylation sites (tertiary alicyclic amines) is 1. The second-order valence-corrected chi connectivity index (χ2v) is 5.07. The molecule has 1 heterocycles. The molecule has 0 aliphatic carbocycles. The van der Waals surface area contributed by atoms with Crippen LogP contribution < -0.4 is 11.1 Å². The number of nitrogens with one attached hydrogen (secondary N) is 1. The number of primary amides is 1. The van der Waals surface area contributed by atoms with Crippen molar-refractivity contribution in [3.63, 3.8) is 0 Å². The van der Waals surface area contributed by atoms with Gasteiger partial charge in [-0.3, -0.25) is 4.79 Å². The van der Waals surface area contributed by atoms with Gasteiger partial charge in [0.05, 0.1) is 5.56 Å². The van der Waals surface area contributed by atoms with Gasteiger partial charge in [-0.2, -0.15) is 13.2 Å². The quantitative estimate of drug-likeness (QED) is 0.764. The molecule has 0 saturated carbocycles. The van der Waals surface area contributed by atoms with E-state index in [1.165, 1.54) is 17.0 Å². The molecule has 1 aliphatic rings. The summed E-state index contributed by atoms with van der Waals surface area (Å²) in [6.07, 6.45) is -3.82. The van der Waals surface area contributed by atoms with Crippen LogP contribution in [0.4, 0.5) is 18.0 Å². The molecule has 5 nitrogen and oxygen atoms in total. The van der Waals surface area contributed by atoms with E-state index < -0.39 is 23.7 Å². The van der Waals surface area contributed by atoms with Crippen LogP contribution in [-0.4, -0.2) is 36.0 Å². The minimum absolute atomic E-state index is 0.225. The first-order valence-corrected chi connectivity index (χ1v) is 6.80. The molecule has 0 bridgehead atoms. The molecule has 1 aromatic rings. The zero-order valence-electron chi connectivity index (χ0n) is 12.0. The van der Waals surface area contributed by atoms with Crippen LogP contribution in [0.5, 0.6) is 0 Å². The van der Waals surface area contributed by atoms with Crippen LogP contribution in [-0.2, 0) is 11.0 Å². The van der Waals surface area contributed by atoms with Gasteiger partial charge in [-0.1, -0.05) is 5.92 Å². The molecule has 8 heteroatoms. The van der Waals surface area contributed by atoms with Crippen molar-refractivity contribution in [2.45, 2.75) is 18.6 Å². The maximum atomic E-state index is 12.4. The maximum Gasteiger partial charge on any atom is 0.416 e. The molecule has 1 atom stereocenters. The predicted molar refractivity (Wildman–Crippen MR) is 76.0 cm³/mol. The highest BCUT2D eigenvalue weighted by atomic mass is 19.4. The van der Waals surface area contributed by atoms with Gasteiger partial charge >= 0.3 is 12.2 Å². The van der Waals surface area contributed by atoms with Gasteiger partial charge in [-0.05, 0) is 30.7 Å². The van der Waals surface area contributed by atoms with E-state index in [4.69, 9.17) is 5.73 Å². The van der Waals surface area contributed by atoms with Crippen LogP contribution in [0.2, 0.25) is 0 Å². The van der Waals surface area contributed by atoms with Crippen LogP contribution in [0.1, 0.15) is 17.5 Å². The lowest BCUT2D eigenvalue weighted by atomic mass is 10.1. The Morgan fingerprint density at radius 2 is 1.91 bits per heavy atom. The van der Waals surface area contributed by atoms with Gasteiger partial charge in [0.15, 0.2) is 0 Å². The summed E-state index contributed by atoms with van der Waals surface area (Å²) < 4.78 is 37.2. The monoisotopic (exact) mass is 325 g/mol. The number of carbonyl (C=O) groups is 2. The number of rotatable bonds is 1. The first-order chi connectivity index (χ1) is 10.8. The van der Waals surface area contributed by atoms with Gasteiger partial charge in [-0.25, -0.2) is 4.79 Å². The van der Waals surface area contributed by atoms with E-state index in [2.05, 4.69) is 17.2 Å². The van der Waals surface area contributed by atoms with Crippen LogP contribution in [0, 0.1) is 11.8 Å². The van der Waals surface area contributed by atoms with Crippen molar-refractivity contribution in [1.82, 2.24) is 10.2 Å². The summed E-state index contributed by atoms with van der Waals surface area (Å²) in [7, 11) is 0. The van der Waals surface area contributed by atoms with E-state index >= 15 is 0 Å². The Bertz CT molecular complexity index is 659. The van der Waals surface area contributed by atoms with Crippen molar-refractivity contribution in [2.24, 2.45) is 5.73 Å². The molecule has 3 amide bonds. The number of nitrogens with two attached hydrogens (primary N) is 1. The van der Waals surface area contributed by atoms with E-state index in [9.17, 15) is 22.8 Å². The van der Waals surface area contributed by atoms with Gasteiger partial charge in [0.2, 0.25) is 0 Å². The molecular weight excluding hydrogens is 311 g/mol. The summed E-state index contributed by atoms with van der Waals surface area (Å²) in [4.78, 5) is 24.1. The second kappa shape index (κ2) is 6.60. The molecular formula is C15H14F3N3O2. The summed E-state index contributed by atoms with van der Waals surface area (Å²) in [6.45, 7) is 0.787. The van der Waals surface area contributed by atoms with Gasteiger partial charge in [-0.15, -0.1) is 0 Å². The molecule has 23 heavy (non-hydrogen) atoms. The molecule has 0 spiro atoms. The summed E-state index contributed by atoms with van der Waals surface area (Å²) >= 11 is 0. The highest BCUT2D eigenvalue weighted by Crippen LogP contribution is 2.28. The SMILES string of the molecule is NC(=O)N1CCC(NC(=O)C#Cc2ccc(C(F)(F)F)cc2)C1. The minimum atomic E-state index is -4.40. The lowest BCUT2D eigenvalue weighted by Crippen LogP contribution is -2.39.